The third-order valence-corrected chi connectivity index (χ3v) is 16.5. The molecule has 2 aromatic carbocycles. The van der Waals surface area contributed by atoms with Gasteiger partial charge in [-0.25, -0.2) is 24.2 Å². The number of ether oxygens (including phenoxy) is 3. The standard InChI is InChI=1S/C30H38N4O7S.C23H35N3O7.C7H4ClNO/c1-29(2,3)41-27(39)31-21-13-8-6-4-5-7-11-18-16-30(18,26(37)38)33-24(35)22-15-19(17-34(22)25(21)36)40-28-32-20-12-9-10-14-23(20)42-28;1-22(2,3)33-21(32)24-16-10-8-6-4-5-7-9-14-12-23(14,20(30)31)25-18(28)17-11-15(27)13-26(17)19(16)29;8-7-9-5-3-1-2-4-6(5)10-7/h7,9-12,14,18-19,21-22H,4-6,8,13,15-17H2,1-3H3,(H,31,39)(H,33,35)(H,37,38);7,9,14-17,27H,4-6,8,10-13H2,1-3H3,(H,24,32)(H,25,28)(H,30,31);1-4H/b11-7-;9-7-;/t18-,19-,21+,22+,30-;14-,15-,16+,17+,23-;/m11./s1. The summed E-state index contributed by atoms with van der Waals surface area (Å²) < 4.78 is 22.9. The molecule has 4 aromatic rings. The number of nitrogens with one attached hydrogen (secondary N) is 4. The normalized spacial score (nSPS) is 29.0. The van der Waals surface area contributed by atoms with E-state index in [0.29, 0.717) is 37.3 Å². The zero-order valence-corrected chi connectivity index (χ0v) is 50.2. The van der Waals surface area contributed by atoms with Gasteiger partial charge in [-0.2, -0.15) is 4.98 Å². The maximum Gasteiger partial charge on any atom is 0.408 e. The molecule has 2 saturated heterocycles. The predicted molar refractivity (Wildman–Crippen MR) is 313 cm³/mol. The van der Waals surface area contributed by atoms with Gasteiger partial charge in [0, 0.05) is 31.2 Å². The van der Waals surface area contributed by atoms with Crippen LogP contribution in [0.2, 0.25) is 5.35 Å². The minimum Gasteiger partial charge on any atom is -0.479 e. The van der Waals surface area contributed by atoms with Crippen molar-refractivity contribution in [1.29, 1.82) is 0 Å². The fourth-order valence-corrected chi connectivity index (χ4v) is 12.1. The van der Waals surface area contributed by atoms with E-state index in [4.69, 9.17) is 30.2 Å². The molecule has 25 heteroatoms. The van der Waals surface area contributed by atoms with Crippen LogP contribution in [0, 0.1) is 11.8 Å². The Hall–Kier alpha value is -7.31. The van der Waals surface area contributed by atoms with Crippen LogP contribution in [0.15, 0.2) is 77.3 Å². The number of aromatic nitrogens is 2. The molecule has 4 fully saturated rings. The number of nitrogens with zero attached hydrogens (tertiary/aromatic N) is 4. The summed E-state index contributed by atoms with van der Waals surface area (Å²) in [5.41, 5.74) is -1.96. The molecule has 2 aliphatic carbocycles. The van der Waals surface area contributed by atoms with E-state index in [1.165, 1.54) is 21.1 Å². The van der Waals surface area contributed by atoms with Crippen LogP contribution in [0.1, 0.15) is 131 Å². The lowest BCUT2D eigenvalue weighted by atomic mass is 10.0. The van der Waals surface area contributed by atoms with Gasteiger partial charge in [0.15, 0.2) is 5.58 Å². The zero-order chi connectivity index (χ0) is 61.4. The van der Waals surface area contributed by atoms with Crippen LogP contribution >= 0.6 is 22.9 Å². The first-order valence-electron chi connectivity index (χ1n) is 29.0. The molecule has 4 aliphatic heterocycles. The number of para-hydroxylation sites is 3. The predicted octanol–water partition coefficient (Wildman–Crippen LogP) is 7.82. The van der Waals surface area contributed by atoms with Crippen molar-refractivity contribution in [2.24, 2.45) is 11.8 Å². The minimum atomic E-state index is -1.40. The molecule has 0 spiro atoms. The third-order valence-electron chi connectivity index (χ3n) is 15.5. The van der Waals surface area contributed by atoms with Crippen molar-refractivity contribution in [3.8, 4) is 5.19 Å². The van der Waals surface area contributed by atoms with E-state index < -0.39 is 106 Å². The number of hydrogen-bond acceptors (Lipinski definition) is 16. The van der Waals surface area contributed by atoms with Gasteiger partial charge in [0.2, 0.25) is 23.6 Å². The molecule has 7 N–H and O–H groups in total. The highest BCUT2D eigenvalue weighted by atomic mass is 35.5. The number of oxazole rings is 1. The van der Waals surface area contributed by atoms with Gasteiger partial charge in [-0.15, -0.1) is 0 Å². The van der Waals surface area contributed by atoms with Crippen molar-refractivity contribution in [2.75, 3.05) is 13.1 Å². The van der Waals surface area contributed by atoms with Crippen LogP contribution in [0.25, 0.3) is 21.3 Å². The molecule has 85 heavy (non-hydrogen) atoms. The fourth-order valence-electron chi connectivity index (χ4n) is 11.0. The molecule has 2 saturated carbocycles. The van der Waals surface area contributed by atoms with Crippen molar-refractivity contribution in [1.82, 2.24) is 41.0 Å². The molecule has 2 aromatic heterocycles. The first-order chi connectivity index (χ1) is 40.2. The van der Waals surface area contributed by atoms with Crippen molar-refractivity contribution in [3.63, 3.8) is 0 Å². The van der Waals surface area contributed by atoms with Gasteiger partial charge < -0.3 is 65.0 Å². The van der Waals surface area contributed by atoms with Crippen LogP contribution < -0.4 is 26.0 Å². The maximum atomic E-state index is 14.0. The van der Waals surface area contributed by atoms with Crippen LogP contribution in [0.4, 0.5) is 9.59 Å². The molecule has 460 valence electrons. The van der Waals surface area contributed by atoms with Crippen molar-refractivity contribution < 1.29 is 72.3 Å². The summed E-state index contributed by atoms with van der Waals surface area (Å²) in [6.07, 6.45) is 12.4. The number of carbonyl (C=O) groups excluding carboxylic acids is 6. The van der Waals surface area contributed by atoms with Crippen molar-refractivity contribution in [2.45, 2.75) is 190 Å². The number of carbonyl (C=O) groups is 8. The van der Waals surface area contributed by atoms with Gasteiger partial charge in [0.25, 0.3) is 10.5 Å². The Bertz CT molecular complexity index is 3110. The van der Waals surface area contributed by atoms with Gasteiger partial charge in [-0.3, -0.25) is 19.2 Å². The smallest absolute Gasteiger partial charge is 0.408 e. The molecule has 10 rings (SSSR count). The number of thiazole rings is 1. The monoisotopic (exact) mass is 1220 g/mol. The number of carboxylic acid groups (broad SMARTS) is 2. The summed E-state index contributed by atoms with van der Waals surface area (Å²) in [6, 6.07) is 11.2. The van der Waals surface area contributed by atoms with Gasteiger partial charge in [0.1, 0.15) is 58.1 Å². The second-order valence-electron chi connectivity index (χ2n) is 24.4. The molecular weight excluding hydrogens is 1140 g/mol. The minimum absolute atomic E-state index is 0.00688. The van der Waals surface area contributed by atoms with Crippen LogP contribution in [-0.4, -0.2) is 155 Å². The number of aliphatic hydroxyl groups is 1. The third kappa shape index (κ3) is 16.6. The Balaban J connectivity index is 0.000000193. The highest BCUT2D eigenvalue weighted by Crippen LogP contribution is 2.47. The number of allylic oxidation sites excluding steroid dienone is 2. The van der Waals surface area contributed by atoms with Gasteiger partial charge in [-0.1, -0.05) is 85.6 Å². The number of fused-ring (bicyclic) bond motifs is 6. The maximum absolute atomic E-state index is 14.0. The summed E-state index contributed by atoms with van der Waals surface area (Å²) in [5, 5.41) is 41.4. The molecule has 6 aliphatic rings. The lowest BCUT2D eigenvalue weighted by Crippen LogP contribution is -2.56. The average Bonchev–Trinajstić information content (AvgIpc) is 1.75. The quantitative estimate of drug-likeness (QED) is 0.0905. The number of benzene rings is 2. The highest BCUT2D eigenvalue weighted by molar-refractivity contribution is 7.20. The molecule has 0 unspecified atom stereocenters. The Morgan fingerprint density at radius 2 is 1.18 bits per heavy atom. The summed E-state index contributed by atoms with van der Waals surface area (Å²) >= 11 is 6.88. The summed E-state index contributed by atoms with van der Waals surface area (Å²) in [4.78, 5) is 115. The van der Waals surface area contributed by atoms with E-state index in [-0.39, 0.29) is 49.5 Å². The number of alkyl carbamates (subject to hydrolysis) is 2. The SMILES string of the molecule is CC(C)(C)OC(=O)N[C@H]1CCCCC/C=C\[C@@H]2C[C@@]2(C(=O)O)NC(=O)[C@@H]2C[C@@H](O)CN2C1=O.CC(C)(C)OC(=O)N[C@H]1CCCCC/C=C\[C@@H]2C[C@@]2(C(=O)O)NC(=O)[C@@H]2C[C@@H](Oc3nc4ccccc4s3)CN2C1=O.Clc1nc2ccccc2o1. The first-order valence-corrected chi connectivity index (χ1v) is 30.2. The fraction of sp³-hybridized carbons (Fsp3) is 0.567. The van der Waals surface area contributed by atoms with Crippen molar-refractivity contribution in [3.05, 3.63) is 78.2 Å². The lowest BCUT2D eigenvalue weighted by Gasteiger charge is -2.30. The van der Waals surface area contributed by atoms with Gasteiger partial charge in [0.05, 0.1) is 22.9 Å². The topological polar surface area (TPSA) is 318 Å². The molecular formula is C60H77ClN8O15S. The second kappa shape index (κ2) is 26.9. The molecule has 0 radical (unpaired) electrons. The number of carboxylic acids is 2. The number of amides is 6. The van der Waals surface area contributed by atoms with E-state index >= 15 is 0 Å². The van der Waals surface area contributed by atoms with E-state index in [9.17, 15) is 53.7 Å². The number of aliphatic carboxylic acids is 2. The Labute approximate surface area is 501 Å². The highest BCUT2D eigenvalue weighted by Gasteiger charge is 2.62. The molecule has 6 heterocycles. The zero-order valence-electron chi connectivity index (χ0n) is 48.7. The molecule has 6 amide bonds. The summed E-state index contributed by atoms with van der Waals surface area (Å²) in [5.74, 6) is -4.91. The molecule has 23 nitrogen and oxygen atoms in total. The number of rotatable bonds is 6. The van der Waals surface area contributed by atoms with E-state index in [1.54, 1.807) is 41.5 Å². The van der Waals surface area contributed by atoms with Crippen LogP contribution in [0.3, 0.4) is 0 Å². The average molecular weight is 1220 g/mol. The van der Waals surface area contributed by atoms with Gasteiger partial charge >= 0.3 is 24.1 Å². The lowest BCUT2D eigenvalue weighted by molar-refractivity contribution is -0.146. The molecule has 0 bridgehead atoms. The summed E-state index contributed by atoms with van der Waals surface area (Å²) in [7, 11) is 0. The Morgan fingerprint density at radius 3 is 1.68 bits per heavy atom. The van der Waals surface area contributed by atoms with Crippen LogP contribution in [0.5, 0.6) is 5.19 Å². The van der Waals surface area contributed by atoms with Crippen LogP contribution in [-0.2, 0) is 38.2 Å². The van der Waals surface area contributed by atoms with E-state index in [1.807, 2.05) is 72.8 Å². The number of hydrogen-bond donors (Lipinski definition) is 7. The Kier molecular flexibility index (Phi) is 20.2. The molecule has 10 atom stereocenters. The second-order valence-corrected chi connectivity index (χ2v) is 25.8. The number of halogens is 1. The summed E-state index contributed by atoms with van der Waals surface area (Å²) in [6.45, 7) is 10.4. The van der Waals surface area contributed by atoms with E-state index in [2.05, 4.69) is 31.2 Å². The largest absolute Gasteiger partial charge is 0.479 e. The Morgan fingerprint density at radius 1 is 0.682 bits per heavy atom. The first kappa shape index (κ1) is 63.7. The van der Waals surface area contributed by atoms with Crippen molar-refractivity contribution >= 4 is 92.0 Å². The van der Waals surface area contributed by atoms with Gasteiger partial charge in [-0.05, 0) is 129 Å². The number of aliphatic hydroxyl groups excluding tert-OH is 1. The van der Waals surface area contributed by atoms with E-state index in [0.717, 1.165) is 59.8 Å².